The number of carbonyl (C=O) groups excluding carboxylic acids is 2. The van der Waals surface area contributed by atoms with Crippen molar-refractivity contribution in [3.8, 4) is 0 Å². The van der Waals surface area contributed by atoms with Crippen LogP contribution in [0.25, 0.3) is 0 Å². The van der Waals surface area contributed by atoms with Gasteiger partial charge in [0.05, 0.1) is 26.4 Å². The third-order valence-corrected chi connectivity index (χ3v) is 2.58. The maximum atomic E-state index is 11.3. The zero-order chi connectivity index (χ0) is 14.7. The number of nitrogens with one attached hydrogen (secondary N) is 1. The summed E-state index contributed by atoms with van der Waals surface area (Å²) in [6.07, 6.45) is 0.460. The van der Waals surface area contributed by atoms with Crippen molar-refractivity contribution in [3.05, 3.63) is 0 Å². The van der Waals surface area contributed by atoms with Crippen molar-refractivity contribution in [2.24, 2.45) is 11.8 Å². The molecule has 0 saturated heterocycles. The number of ether oxygens (including phenoxy) is 2. The van der Waals surface area contributed by atoms with Gasteiger partial charge in [-0.15, -0.1) is 0 Å². The van der Waals surface area contributed by atoms with Crippen LogP contribution in [-0.2, 0) is 19.1 Å². The van der Waals surface area contributed by atoms with E-state index in [1.165, 1.54) is 0 Å². The Morgan fingerprint density at radius 3 is 2.05 bits per heavy atom. The van der Waals surface area contributed by atoms with Gasteiger partial charge < -0.3 is 14.8 Å². The monoisotopic (exact) mass is 275 g/mol. The lowest BCUT2D eigenvalue weighted by Crippen LogP contribution is -2.31. The minimum absolute atomic E-state index is 0. The van der Waals surface area contributed by atoms with Gasteiger partial charge >= 0.3 is 0 Å². The summed E-state index contributed by atoms with van der Waals surface area (Å²) in [6, 6.07) is 0. The molecule has 0 aromatic rings. The van der Waals surface area contributed by atoms with Crippen molar-refractivity contribution in [2.45, 2.75) is 34.1 Å². The molecule has 0 aliphatic rings. The maximum Gasteiger partial charge on any atom is 0.222 e. The standard InChI is InChI=1S/C14H27NO4.H2/c1-11(2)13(16)5-7-18-9-10-19-8-6-15-14(17)12(3)4;/h11-12H,5-10H2,1-4H3,(H,15,17);1H. The normalized spacial score (nSPS) is 11.1. The van der Waals surface area contributed by atoms with Crippen LogP contribution in [0.15, 0.2) is 0 Å². The molecule has 0 atom stereocenters. The molecule has 19 heavy (non-hydrogen) atoms. The van der Waals surface area contributed by atoms with E-state index >= 15 is 0 Å². The van der Waals surface area contributed by atoms with E-state index in [1.54, 1.807) is 0 Å². The summed E-state index contributed by atoms with van der Waals surface area (Å²) in [5, 5.41) is 2.76. The molecule has 0 aromatic heterocycles. The molecule has 0 heterocycles. The van der Waals surface area contributed by atoms with E-state index in [0.29, 0.717) is 39.4 Å². The van der Waals surface area contributed by atoms with Gasteiger partial charge in [-0.1, -0.05) is 27.7 Å². The van der Waals surface area contributed by atoms with Gasteiger partial charge in [0.25, 0.3) is 0 Å². The van der Waals surface area contributed by atoms with Crippen LogP contribution in [0.2, 0.25) is 0 Å². The highest BCUT2D eigenvalue weighted by atomic mass is 16.5. The molecule has 0 rings (SSSR count). The quantitative estimate of drug-likeness (QED) is 0.582. The molecular weight excluding hydrogens is 246 g/mol. The molecular formula is C14H29NO4. The number of hydrogen-bond acceptors (Lipinski definition) is 4. The lowest BCUT2D eigenvalue weighted by atomic mass is 10.1. The summed E-state index contributed by atoms with van der Waals surface area (Å²) in [4.78, 5) is 22.5. The summed E-state index contributed by atoms with van der Waals surface area (Å²) in [7, 11) is 0. The summed E-state index contributed by atoms with van der Waals surface area (Å²) in [6.45, 7) is 9.87. The first-order chi connectivity index (χ1) is 8.95. The van der Waals surface area contributed by atoms with E-state index in [-0.39, 0.29) is 25.0 Å². The van der Waals surface area contributed by atoms with Crippen LogP contribution in [0.5, 0.6) is 0 Å². The predicted octanol–water partition coefficient (Wildman–Crippen LogP) is 1.65. The van der Waals surface area contributed by atoms with Crippen LogP contribution >= 0.6 is 0 Å². The number of ketones is 1. The van der Waals surface area contributed by atoms with Gasteiger partial charge in [-0.05, 0) is 0 Å². The first-order valence-electron chi connectivity index (χ1n) is 6.91. The molecule has 1 N–H and O–H groups in total. The van der Waals surface area contributed by atoms with E-state index < -0.39 is 0 Å². The summed E-state index contributed by atoms with van der Waals surface area (Å²) >= 11 is 0. The average Bonchev–Trinajstić information content (AvgIpc) is 2.35. The molecule has 0 fully saturated rings. The second kappa shape index (κ2) is 10.9. The first kappa shape index (κ1) is 18.1. The first-order valence-corrected chi connectivity index (χ1v) is 6.91. The number of rotatable bonds is 11. The van der Waals surface area contributed by atoms with Crippen LogP contribution in [0.4, 0.5) is 0 Å². The van der Waals surface area contributed by atoms with Crippen LogP contribution in [-0.4, -0.2) is 44.7 Å². The molecule has 0 aliphatic heterocycles. The fraction of sp³-hybridized carbons (Fsp3) is 0.857. The van der Waals surface area contributed by atoms with Crippen LogP contribution in [0.3, 0.4) is 0 Å². The third kappa shape index (κ3) is 10.7. The lowest BCUT2D eigenvalue weighted by Gasteiger charge is -2.09. The van der Waals surface area contributed by atoms with E-state index in [4.69, 9.17) is 9.47 Å². The fourth-order valence-electron chi connectivity index (χ4n) is 1.23. The second-order valence-corrected chi connectivity index (χ2v) is 5.04. The average molecular weight is 275 g/mol. The van der Waals surface area contributed by atoms with Crippen LogP contribution < -0.4 is 5.32 Å². The smallest absolute Gasteiger partial charge is 0.222 e. The van der Waals surface area contributed by atoms with E-state index in [9.17, 15) is 9.59 Å². The van der Waals surface area contributed by atoms with Gasteiger partial charge in [0.1, 0.15) is 5.78 Å². The summed E-state index contributed by atoms with van der Waals surface area (Å²) in [5.74, 6) is 0.329. The largest absolute Gasteiger partial charge is 0.379 e. The molecule has 0 aromatic carbocycles. The molecule has 114 valence electrons. The Labute approximate surface area is 117 Å². The molecule has 0 unspecified atom stereocenters. The van der Waals surface area contributed by atoms with Crippen molar-refractivity contribution in [3.63, 3.8) is 0 Å². The van der Waals surface area contributed by atoms with Crippen LogP contribution in [0.1, 0.15) is 35.5 Å². The predicted molar refractivity (Wildman–Crippen MR) is 76.1 cm³/mol. The van der Waals surface area contributed by atoms with Gasteiger partial charge in [0.15, 0.2) is 0 Å². The third-order valence-electron chi connectivity index (χ3n) is 2.58. The van der Waals surface area contributed by atoms with Gasteiger partial charge in [-0.2, -0.15) is 0 Å². The minimum Gasteiger partial charge on any atom is -0.379 e. The number of Topliss-reactive ketones (excluding diaryl/α,β-unsaturated/α-hetero) is 1. The Balaban J connectivity index is 0. The molecule has 0 bridgehead atoms. The molecule has 5 heteroatoms. The van der Waals surface area contributed by atoms with Crippen molar-refractivity contribution >= 4 is 11.7 Å². The van der Waals surface area contributed by atoms with Crippen LogP contribution in [0, 0.1) is 11.8 Å². The van der Waals surface area contributed by atoms with Crippen molar-refractivity contribution in [2.75, 3.05) is 33.0 Å². The van der Waals surface area contributed by atoms with Gasteiger partial charge in [0.2, 0.25) is 5.91 Å². The van der Waals surface area contributed by atoms with Crippen molar-refractivity contribution in [1.82, 2.24) is 5.32 Å². The van der Waals surface area contributed by atoms with Crippen molar-refractivity contribution in [1.29, 1.82) is 0 Å². The highest BCUT2D eigenvalue weighted by Gasteiger charge is 2.06. The fourth-order valence-corrected chi connectivity index (χ4v) is 1.23. The Morgan fingerprint density at radius 2 is 1.53 bits per heavy atom. The second-order valence-electron chi connectivity index (χ2n) is 5.04. The molecule has 1 amide bonds. The molecule has 0 saturated carbocycles. The molecule has 0 spiro atoms. The molecule has 0 aliphatic carbocycles. The zero-order valence-corrected chi connectivity index (χ0v) is 12.5. The zero-order valence-electron chi connectivity index (χ0n) is 12.5. The molecule has 5 nitrogen and oxygen atoms in total. The Kier molecular flexibility index (Phi) is 10.4. The van der Waals surface area contributed by atoms with E-state index in [2.05, 4.69) is 5.32 Å². The van der Waals surface area contributed by atoms with E-state index in [0.717, 1.165) is 0 Å². The highest BCUT2D eigenvalue weighted by Crippen LogP contribution is 1.98. The van der Waals surface area contributed by atoms with Gasteiger partial charge in [0, 0.05) is 26.2 Å². The lowest BCUT2D eigenvalue weighted by molar-refractivity contribution is -0.124. The van der Waals surface area contributed by atoms with Gasteiger partial charge in [-0.25, -0.2) is 0 Å². The Morgan fingerprint density at radius 1 is 0.947 bits per heavy atom. The maximum absolute atomic E-state index is 11.3. The summed E-state index contributed by atoms with van der Waals surface area (Å²) < 4.78 is 10.6. The van der Waals surface area contributed by atoms with E-state index in [1.807, 2.05) is 27.7 Å². The SMILES string of the molecule is CC(C)C(=O)CCOCCOCCNC(=O)C(C)C.[HH]. The van der Waals surface area contributed by atoms with Crippen molar-refractivity contribution < 1.29 is 20.5 Å². The number of carbonyl (C=O) groups is 2. The molecule has 0 radical (unpaired) electrons. The Hall–Kier alpha value is -0.940. The van der Waals surface area contributed by atoms with Gasteiger partial charge in [-0.3, -0.25) is 9.59 Å². The number of hydrogen-bond donors (Lipinski definition) is 1. The minimum atomic E-state index is 0. The number of amides is 1. The summed E-state index contributed by atoms with van der Waals surface area (Å²) in [5.41, 5.74) is 0. The Bertz CT molecular complexity index is 244. The highest BCUT2D eigenvalue weighted by molar-refractivity contribution is 5.80. The topological polar surface area (TPSA) is 64.6 Å².